The van der Waals surface area contributed by atoms with Gasteiger partial charge in [0, 0.05) is 39.3 Å². The first-order valence-corrected chi connectivity index (χ1v) is 8.05. The number of rotatable bonds is 5. The summed E-state index contributed by atoms with van der Waals surface area (Å²) in [5.41, 5.74) is -0.0140. The van der Waals surface area contributed by atoms with E-state index in [4.69, 9.17) is 4.74 Å². The minimum absolute atomic E-state index is 0.0140. The first kappa shape index (κ1) is 17.1. The molecule has 0 saturated carbocycles. The molecule has 22 heavy (non-hydrogen) atoms. The Hall–Kier alpha value is -1.25. The lowest BCUT2D eigenvalue weighted by atomic mass is 10.2. The fourth-order valence-electron chi connectivity index (χ4n) is 2.67. The minimum atomic E-state index is -0.446. The molecule has 2 rings (SSSR count). The Labute approximate surface area is 138 Å². The molecule has 0 radical (unpaired) electrons. The van der Waals surface area contributed by atoms with Crippen molar-refractivity contribution in [1.29, 1.82) is 0 Å². The monoisotopic (exact) mass is 372 g/mol. The number of nitro groups is 1. The molecule has 0 amide bonds. The van der Waals surface area contributed by atoms with Gasteiger partial charge in [0.1, 0.15) is 12.0 Å². The van der Waals surface area contributed by atoms with Gasteiger partial charge >= 0.3 is 0 Å². The number of halogens is 1. The van der Waals surface area contributed by atoms with Crippen LogP contribution in [-0.2, 0) is 4.74 Å². The standard InChI is InChI=1S/C14H21BrN4O3/c1-10-8-18(9-11(2)22-10)5-4-17(3)14-13(15)6-12(7-16-14)19(20)21/h6-7,10-11H,4-5,8-9H2,1-3H3/t10-,11+. The Morgan fingerprint density at radius 3 is 2.68 bits per heavy atom. The Morgan fingerprint density at radius 2 is 2.14 bits per heavy atom. The van der Waals surface area contributed by atoms with Crippen molar-refractivity contribution >= 4 is 27.4 Å². The van der Waals surface area contributed by atoms with E-state index in [-0.39, 0.29) is 17.9 Å². The predicted molar refractivity (Wildman–Crippen MR) is 88.3 cm³/mol. The number of likely N-dealkylation sites (N-methyl/N-ethyl adjacent to an activating group) is 1. The molecular formula is C14H21BrN4O3. The van der Waals surface area contributed by atoms with Crippen LogP contribution in [0.15, 0.2) is 16.7 Å². The summed E-state index contributed by atoms with van der Waals surface area (Å²) in [4.78, 5) is 18.8. The van der Waals surface area contributed by atoms with E-state index in [0.29, 0.717) is 10.3 Å². The molecular weight excluding hydrogens is 352 g/mol. The topological polar surface area (TPSA) is 71.7 Å². The van der Waals surface area contributed by atoms with Crippen molar-refractivity contribution in [2.24, 2.45) is 0 Å². The summed E-state index contributed by atoms with van der Waals surface area (Å²) in [6.45, 7) is 7.71. The zero-order chi connectivity index (χ0) is 16.3. The highest BCUT2D eigenvalue weighted by Gasteiger charge is 2.22. The molecule has 0 aromatic carbocycles. The zero-order valence-corrected chi connectivity index (χ0v) is 14.6. The maximum Gasteiger partial charge on any atom is 0.288 e. The van der Waals surface area contributed by atoms with Gasteiger partial charge in [-0.3, -0.25) is 15.0 Å². The second-order valence-corrected chi connectivity index (χ2v) is 6.55. The van der Waals surface area contributed by atoms with Crippen LogP contribution in [0.5, 0.6) is 0 Å². The summed E-state index contributed by atoms with van der Waals surface area (Å²) in [6, 6.07) is 1.48. The number of morpholine rings is 1. The molecule has 1 aliphatic rings. The van der Waals surface area contributed by atoms with Gasteiger partial charge in [-0.25, -0.2) is 4.98 Å². The van der Waals surface area contributed by atoms with Crippen molar-refractivity contribution in [2.75, 3.05) is 38.1 Å². The Kier molecular flexibility index (Phi) is 5.71. The zero-order valence-electron chi connectivity index (χ0n) is 13.0. The first-order chi connectivity index (χ1) is 10.4. The molecule has 1 saturated heterocycles. The second-order valence-electron chi connectivity index (χ2n) is 5.69. The number of anilines is 1. The number of pyridine rings is 1. The molecule has 0 spiro atoms. The third kappa shape index (κ3) is 4.37. The summed E-state index contributed by atoms with van der Waals surface area (Å²) in [5.74, 6) is 0.708. The van der Waals surface area contributed by atoms with Crippen LogP contribution < -0.4 is 4.90 Å². The van der Waals surface area contributed by atoms with Gasteiger partial charge in [-0.05, 0) is 29.8 Å². The molecule has 0 N–H and O–H groups in total. The van der Waals surface area contributed by atoms with Crippen molar-refractivity contribution in [3.63, 3.8) is 0 Å². The molecule has 8 heteroatoms. The van der Waals surface area contributed by atoms with Crippen LogP contribution in [0.3, 0.4) is 0 Å². The van der Waals surface area contributed by atoms with Crippen molar-refractivity contribution in [1.82, 2.24) is 9.88 Å². The fraction of sp³-hybridized carbons (Fsp3) is 0.643. The smallest absolute Gasteiger partial charge is 0.288 e. The van der Waals surface area contributed by atoms with Gasteiger partial charge in [0.25, 0.3) is 5.69 Å². The highest BCUT2D eigenvalue weighted by molar-refractivity contribution is 9.10. The van der Waals surface area contributed by atoms with Gasteiger partial charge in [-0.15, -0.1) is 0 Å². The van der Waals surface area contributed by atoms with E-state index in [1.807, 2.05) is 11.9 Å². The quantitative estimate of drug-likeness (QED) is 0.583. The maximum absolute atomic E-state index is 10.7. The van der Waals surface area contributed by atoms with E-state index >= 15 is 0 Å². The Morgan fingerprint density at radius 1 is 1.50 bits per heavy atom. The summed E-state index contributed by atoms with van der Waals surface area (Å²) in [5, 5.41) is 10.7. The van der Waals surface area contributed by atoms with Gasteiger partial charge in [-0.1, -0.05) is 0 Å². The van der Waals surface area contributed by atoms with Crippen molar-refractivity contribution in [3.8, 4) is 0 Å². The molecule has 0 unspecified atom stereocenters. The van der Waals surface area contributed by atoms with Crippen LogP contribution in [0.4, 0.5) is 11.5 Å². The lowest BCUT2D eigenvalue weighted by Crippen LogP contribution is -2.47. The summed E-state index contributed by atoms with van der Waals surface area (Å²) in [6.07, 6.45) is 1.78. The largest absolute Gasteiger partial charge is 0.373 e. The average molecular weight is 373 g/mol. The van der Waals surface area contributed by atoms with E-state index < -0.39 is 4.92 Å². The average Bonchev–Trinajstić information content (AvgIpc) is 2.43. The van der Waals surface area contributed by atoms with Gasteiger partial charge < -0.3 is 9.64 Å². The van der Waals surface area contributed by atoms with Crippen molar-refractivity contribution in [2.45, 2.75) is 26.1 Å². The van der Waals surface area contributed by atoms with Crippen LogP contribution in [0.1, 0.15) is 13.8 Å². The van der Waals surface area contributed by atoms with Crippen molar-refractivity contribution < 1.29 is 9.66 Å². The highest BCUT2D eigenvalue weighted by atomic mass is 79.9. The lowest BCUT2D eigenvalue weighted by Gasteiger charge is -2.36. The van der Waals surface area contributed by atoms with Crippen LogP contribution >= 0.6 is 15.9 Å². The lowest BCUT2D eigenvalue weighted by molar-refractivity contribution is -0.385. The van der Waals surface area contributed by atoms with Crippen LogP contribution in [-0.4, -0.2) is 60.2 Å². The number of aromatic nitrogens is 1. The van der Waals surface area contributed by atoms with Crippen molar-refractivity contribution in [3.05, 3.63) is 26.9 Å². The van der Waals surface area contributed by atoms with E-state index in [2.05, 4.69) is 39.7 Å². The fourth-order valence-corrected chi connectivity index (χ4v) is 3.31. The SMILES string of the molecule is C[C@@H]1CN(CCN(C)c2ncc([N+](=O)[O-])cc2Br)C[C@H](C)O1. The number of nitrogens with zero attached hydrogens (tertiary/aromatic N) is 4. The minimum Gasteiger partial charge on any atom is -0.373 e. The molecule has 2 atom stereocenters. The third-order valence-corrected chi connectivity index (χ3v) is 4.21. The summed E-state index contributed by atoms with van der Waals surface area (Å²) in [7, 11) is 1.94. The second kappa shape index (κ2) is 7.34. The third-order valence-electron chi connectivity index (χ3n) is 3.63. The number of hydrogen-bond acceptors (Lipinski definition) is 6. The molecule has 1 fully saturated rings. The van der Waals surface area contributed by atoms with Gasteiger partial charge in [0.15, 0.2) is 0 Å². The van der Waals surface area contributed by atoms with Gasteiger partial charge in [-0.2, -0.15) is 0 Å². The van der Waals surface area contributed by atoms with E-state index in [1.165, 1.54) is 12.3 Å². The van der Waals surface area contributed by atoms with Gasteiger partial charge in [0.2, 0.25) is 0 Å². The molecule has 1 aromatic heterocycles. The number of hydrogen-bond donors (Lipinski definition) is 0. The van der Waals surface area contributed by atoms with Crippen LogP contribution in [0.25, 0.3) is 0 Å². The van der Waals surface area contributed by atoms with Gasteiger partial charge in [0.05, 0.1) is 21.6 Å². The predicted octanol–water partition coefficient (Wildman–Crippen LogP) is 2.30. The molecule has 1 aromatic rings. The molecule has 122 valence electrons. The van der Waals surface area contributed by atoms with E-state index in [1.54, 1.807) is 0 Å². The maximum atomic E-state index is 10.7. The van der Waals surface area contributed by atoms with E-state index in [9.17, 15) is 10.1 Å². The number of ether oxygens (including phenoxy) is 1. The molecule has 1 aliphatic heterocycles. The normalized spacial score (nSPS) is 22.5. The van der Waals surface area contributed by atoms with Crippen LogP contribution in [0, 0.1) is 10.1 Å². The first-order valence-electron chi connectivity index (χ1n) is 7.25. The van der Waals surface area contributed by atoms with E-state index in [0.717, 1.165) is 26.2 Å². The molecule has 0 bridgehead atoms. The summed E-state index contributed by atoms with van der Waals surface area (Å²) >= 11 is 3.36. The highest BCUT2D eigenvalue weighted by Crippen LogP contribution is 2.26. The molecule has 2 heterocycles. The Bertz CT molecular complexity index is 533. The molecule has 0 aliphatic carbocycles. The summed E-state index contributed by atoms with van der Waals surface area (Å²) < 4.78 is 6.36. The molecule has 7 nitrogen and oxygen atoms in total. The van der Waals surface area contributed by atoms with Crippen LogP contribution in [0.2, 0.25) is 0 Å². The Balaban J connectivity index is 1.94.